The van der Waals surface area contributed by atoms with E-state index in [0.29, 0.717) is 0 Å². The van der Waals surface area contributed by atoms with Gasteiger partial charge in [-0.2, -0.15) is 0 Å². The standard InChI is InChI=1S/C9H12Cl2O5/c1-5(2)8(13)15-3-6(12)4-16-9(14)7(10)11/h6-7,12H,1,3-4H2,2H3. The largest absolute Gasteiger partial charge is 0.461 e. The first-order valence-corrected chi connectivity index (χ1v) is 5.17. The van der Waals surface area contributed by atoms with Crippen LogP contribution >= 0.6 is 23.2 Å². The quantitative estimate of drug-likeness (QED) is 0.439. The van der Waals surface area contributed by atoms with E-state index in [-0.39, 0.29) is 18.8 Å². The lowest BCUT2D eigenvalue weighted by Crippen LogP contribution is -2.26. The maximum absolute atomic E-state index is 10.9. The van der Waals surface area contributed by atoms with E-state index < -0.39 is 22.9 Å². The van der Waals surface area contributed by atoms with Gasteiger partial charge in [0, 0.05) is 5.57 Å². The Labute approximate surface area is 103 Å². The summed E-state index contributed by atoms with van der Waals surface area (Å²) in [6, 6.07) is 0. The van der Waals surface area contributed by atoms with E-state index >= 15 is 0 Å². The first-order chi connectivity index (χ1) is 7.34. The van der Waals surface area contributed by atoms with Crippen molar-refractivity contribution in [1.82, 2.24) is 0 Å². The van der Waals surface area contributed by atoms with Gasteiger partial charge in [0.1, 0.15) is 19.3 Å². The van der Waals surface area contributed by atoms with Crippen LogP contribution in [0.4, 0.5) is 0 Å². The van der Waals surface area contributed by atoms with Gasteiger partial charge in [-0.25, -0.2) is 9.59 Å². The number of hydrogen-bond acceptors (Lipinski definition) is 5. The Kier molecular flexibility index (Phi) is 7.12. The van der Waals surface area contributed by atoms with Gasteiger partial charge >= 0.3 is 11.9 Å². The second kappa shape index (κ2) is 7.49. The molecule has 0 saturated heterocycles. The molecule has 0 aliphatic rings. The second-order valence-electron chi connectivity index (χ2n) is 2.96. The summed E-state index contributed by atoms with van der Waals surface area (Å²) in [5.74, 6) is -1.49. The molecule has 1 N–H and O–H groups in total. The third kappa shape index (κ3) is 6.66. The van der Waals surface area contributed by atoms with Crippen molar-refractivity contribution in [1.29, 1.82) is 0 Å². The lowest BCUT2D eigenvalue weighted by atomic mass is 10.3. The predicted molar refractivity (Wildman–Crippen MR) is 58.2 cm³/mol. The monoisotopic (exact) mass is 270 g/mol. The van der Waals surface area contributed by atoms with Gasteiger partial charge in [-0.15, -0.1) is 0 Å². The maximum atomic E-state index is 10.9. The summed E-state index contributed by atoms with van der Waals surface area (Å²) in [7, 11) is 0. The molecule has 0 aromatic heterocycles. The minimum Gasteiger partial charge on any atom is -0.461 e. The van der Waals surface area contributed by atoms with E-state index in [0.717, 1.165) is 0 Å². The highest BCUT2D eigenvalue weighted by atomic mass is 35.5. The van der Waals surface area contributed by atoms with Crippen LogP contribution in [0, 0.1) is 0 Å². The average molecular weight is 271 g/mol. The van der Waals surface area contributed by atoms with E-state index in [1.807, 2.05) is 0 Å². The number of carbonyl (C=O) groups is 2. The number of esters is 2. The number of aliphatic hydroxyl groups excluding tert-OH is 1. The van der Waals surface area contributed by atoms with E-state index in [4.69, 9.17) is 23.2 Å². The molecule has 0 saturated carbocycles. The van der Waals surface area contributed by atoms with Crippen molar-refractivity contribution in [3.63, 3.8) is 0 Å². The lowest BCUT2D eigenvalue weighted by Gasteiger charge is -2.12. The molecule has 1 atom stereocenters. The van der Waals surface area contributed by atoms with E-state index in [1.54, 1.807) is 0 Å². The highest BCUT2D eigenvalue weighted by Crippen LogP contribution is 2.04. The fraction of sp³-hybridized carbons (Fsp3) is 0.556. The van der Waals surface area contributed by atoms with Gasteiger partial charge < -0.3 is 14.6 Å². The molecule has 0 radical (unpaired) electrons. The molecule has 0 fully saturated rings. The van der Waals surface area contributed by atoms with Gasteiger partial charge in [0.2, 0.25) is 4.84 Å². The van der Waals surface area contributed by atoms with Crippen LogP contribution in [0.3, 0.4) is 0 Å². The molecule has 0 aliphatic heterocycles. The predicted octanol–water partition coefficient (Wildman–Crippen LogP) is 0.813. The van der Waals surface area contributed by atoms with Gasteiger partial charge in [-0.1, -0.05) is 29.8 Å². The first kappa shape index (κ1) is 15.2. The van der Waals surface area contributed by atoms with E-state index in [2.05, 4.69) is 16.1 Å². The molecule has 1 unspecified atom stereocenters. The fourth-order valence-corrected chi connectivity index (χ4v) is 0.711. The molecule has 0 aromatic rings. The highest BCUT2D eigenvalue weighted by molar-refractivity contribution is 6.52. The zero-order chi connectivity index (χ0) is 12.7. The number of aliphatic hydroxyl groups is 1. The van der Waals surface area contributed by atoms with E-state index in [9.17, 15) is 14.7 Å². The highest BCUT2D eigenvalue weighted by Gasteiger charge is 2.16. The second-order valence-corrected chi connectivity index (χ2v) is 4.06. The summed E-state index contributed by atoms with van der Waals surface area (Å²) in [5, 5.41) is 9.24. The number of alkyl halides is 2. The van der Waals surface area contributed by atoms with Crippen LogP contribution in [-0.2, 0) is 19.1 Å². The van der Waals surface area contributed by atoms with Crippen LogP contribution in [0.2, 0.25) is 0 Å². The summed E-state index contributed by atoms with van der Waals surface area (Å²) in [6.45, 7) is 4.18. The maximum Gasteiger partial charge on any atom is 0.339 e. The normalized spacial score (nSPS) is 12.1. The summed E-state index contributed by atoms with van der Waals surface area (Å²) < 4.78 is 9.10. The van der Waals surface area contributed by atoms with Crippen LogP contribution in [0.15, 0.2) is 12.2 Å². The molecule has 0 bridgehead atoms. The number of ether oxygens (including phenoxy) is 2. The van der Waals surface area contributed by atoms with Crippen molar-refractivity contribution in [2.24, 2.45) is 0 Å². The van der Waals surface area contributed by atoms with Gasteiger partial charge in [0.15, 0.2) is 0 Å². The average Bonchev–Trinajstić information content (AvgIpc) is 2.21. The molecule has 0 spiro atoms. The third-order valence-electron chi connectivity index (χ3n) is 1.35. The third-order valence-corrected chi connectivity index (χ3v) is 1.71. The lowest BCUT2D eigenvalue weighted by molar-refractivity contribution is -0.149. The SMILES string of the molecule is C=C(C)C(=O)OCC(O)COC(=O)C(Cl)Cl. The Bertz CT molecular complexity index is 277. The van der Waals surface area contributed by atoms with Crippen molar-refractivity contribution in [3.8, 4) is 0 Å². The van der Waals surface area contributed by atoms with Crippen LogP contribution in [0.25, 0.3) is 0 Å². The van der Waals surface area contributed by atoms with Crippen molar-refractivity contribution in [2.45, 2.75) is 17.9 Å². The molecule has 0 aromatic carbocycles. The van der Waals surface area contributed by atoms with Crippen LogP contribution in [0.5, 0.6) is 0 Å². The van der Waals surface area contributed by atoms with E-state index in [1.165, 1.54) is 6.92 Å². The number of halogens is 2. The van der Waals surface area contributed by atoms with Crippen LogP contribution in [0.1, 0.15) is 6.92 Å². The first-order valence-electron chi connectivity index (χ1n) is 4.30. The Morgan fingerprint density at radius 2 is 1.81 bits per heavy atom. The van der Waals surface area contributed by atoms with Gasteiger partial charge in [0.25, 0.3) is 0 Å². The number of hydrogen-bond donors (Lipinski definition) is 1. The molecular formula is C9H12Cl2O5. The van der Waals surface area contributed by atoms with Crippen molar-refractivity contribution in [3.05, 3.63) is 12.2 Å². The molecular weight excluding hydrogens is 259 g/mol. The van der Waals surface area contributed by atoms with Crippen LogP contribution < -0.4 is 0 Å². The Morgan fingerprint density at radius 3 is 2.25 bits per heavy atom. The minimum absolute atomic E-state index is 0.214. The fourth-order valence-electron chi connectivity index (χ4n) is 0.585. The number of carbonyl (C=O) groups excluding carboxylic acids is 2. The van der Waals surface area contributed by atoms with Gasteiger partial charge in [-0.3, -0.25) is 0 Å². The molecule has 16 heavy (non-hydrogen) atoms. The molecule has 0 rings (SSSR count). The summed E-state index contributed by atoms with van der Waals surface area (Å²) in [5.41, 5.74) is 0.214. The number of rotatable bonds is 6. The van der Waals surface area contributed by atoms with Crippen molar-refractivity contribution >= 4 is 35.1 Å². The Morgan fingerprint density at radius 1 is 1.31 bits per heavy atom. The zero-order valence-electron chi connectivity index (χ0n) is 8.61. The molecule has 0 amide bonds. The van der Waals surface area contributed by atoms with Gasteiger partial charge in [-0.05, 0) is 6.92 Å². The molecule has 0 heterocycles. The Balaban J connectivity index is 3.75. The topological polar surface area (TPSA) is 72.8 Å². The molecule has 5 nitrogen and oxygen atoms in total. The Hall–Kier alpha value is -0.780. The summed E-state index contributed by atoms with van der Waals surface area (Å²) >= 11 is 10.4. The van der Waals surface area contributed by atoms with Crippen molar-refractivity contribution < 1.29 is 24.2 Å². The van der Waals surface area contributed by atoms with Gasteiger partial charge in [0.05, 0.1) is 0 Å². The summed E-state index contributed by atoms with van der Waals surface area (Å²) in [6.07, 6.45) is -1.13. The summed E-state index contributed by atoms with van der Waals surface area (Å²) in [4.78, 5) is 20.4. The molecule has 7 heteroatoms. The van der Waals surface area contributed by atoms with Crippen LogP contribution in [-0.4, -0.2) is 41.2 Å². The molecule has 0 aliphatic carbocycles. The smallest absolute Gasteiger partial charge is 0.339 e. The molecule has 92 valence electrons. The van der Waals surface area contributed by atoms with Crippen molar-refractivity contribution in [2.75, 3.05) is 13.2 Å². The minimum atomic E-state index is -1.30. The zero-order valence-corrected chi connectivity index (χ0v) is 10.1.